The minimum atomic E-state index is -2.92. The second-order valence-corrected chi connectivity index (χ2v) is 6.10. The van der Waals surface area contributed by atoms with Gasteiger partial charge in [0.15, 0.2) is 0 Å². The summed E-state index contributed by atoms with van der Waals surface area (Å²) in [5.41, 5.74) is 5.34. The summed E-state index contributed by atoms with van der Waals surface area (Å²) in [5, 5.41) is 0. The van der Waals surface area contributed by atoms with Crippen LogP contribution in [-0.2, 0) is 10.0 Å². The molecule has 0 aromatic heterocycles. The molecular weight excluding hydrogens is 220 g/mol. The molecule has 0 aromatic carbocycles. The van der Waals surface area contributed by atoms with E-state index in [1.54, 1.807) is 4.31 Å². The van der Waals surface area contributed by atoms with E-state index in [1.165, 1.54) is 0 Å². The van der Waals surface area contributed by atoms with Gasteiger partial charge in [-0.05, 0) is 25.7 Å². The van der Waals surface area contributed by atoms with E-state index in [-0.39, 0.29) is 0 Å². The van der Waals surface area contributed by atoms with E-state index < -0.39 is 10.0 Å². The predicted octanol–water partition coefficient (Wildman–Crippen LogP) is 0.478. The zero-order valence-electron chi connectivity index (χ0n) is 8.11. The van der Waals surface area contributed by atoms with E-state index in [9.17, 15) is 8.42 Å². The second-order valence-electron chi connectivity index (χ2n) is 3.49. The average molecular weight is 236 g/mol. The van der Waals surface area contributed by atoms with E-state index in [4.69, 9.17) is 18.0 Å². The number of hydrogen-bond donors (Lipinski definition) is 1. The Morgan fingerprint density at radius 3 is 2.64 bits per heavy atom. The van der Waals surface area contributed by atoms with Gasteiger partial charge in [0.1, 0.15) is 0 Å². The van der Waals surface area contributed by atoms with Gasteiger partial charge in [-0.2, -0.15) is 0 Å². The first-order chi connectivity index (χ1) is 6.52. The predicted molar refractivity (Wildman–Crippen MR) is 60.6 cm³/mol. The molecule has 0 aromatic rings. The Morgan fingerprint density at radius 1 is 1.43 bits per heavy atom. The van der Waals surface area contributed by atoms with Crippen LogP contribution in [0.2, 0.25) is 0 Å². The van der Waals surface area contributed by atoms with Gasteiger partial charge in [-0.1, -0.05) is 12.2 Å². The topological polar surface area (TPSA) is 63.4 Å². The van der Waals surface area contributed by atoms with E-state index in [0.29, 0.717) is 30.3 Å². The Morgan fingerprint density at radius 2 is 2.14 bits per heavy atom. The summed E-state index contributed by atoms with van der Waals surface area (Å²) >= 11 is 4.73. The summed E-state index contributed by atoms with van der Waals surface area (Å²) < 4.78 is 24.3. The molecule has 1 aliphatic rings. The standard InChI is InChI=1S/C8H16N2O2S2/c9-8(13)4-1-2-5-10-6-3-7-14(10,11)12/h1-7H2,(H2,9,13). The van der Waals surface area contributed by atoms with E-state index in [1.807, 2.05) is 0 Å². The molecule has 0 saturated carbocycles. The molecule has 6 heteroatoms. The summed E-state index contributed by atoms with van der Waals surface area (Å²) in [5.74, 6) is 0.308. The first-order valence-corrected chi connectivity index (χ1v) is 6.80. The average Bonchev–Trinajstić information content (AvgIpc) is 2.39. The molecule has 0 spiro atoms. The highest BCUT2D eigenvalue weighted by atomic mass is 32.2. The molecule has 1 fully saturated rings. The Bertz CT molecular complexity index is 300. The molecule has 2 N–H and O–H groups in total. The van der Waals surface area contributed by atoms with Crippen LogP contribution >= 0.6 is 12.2 Å². The molecule has 1 saturated heterocycles. The lowest BCUT2D eigenvalue weighted by atomic mass is 10.2. The maximum absolute atomic E-state index is 11.4. The van der Waals surface area contributed by atoms with Gasteiger partial charge in [-0.3, -0.25) is 0 Å². The van der Waals surface area contributed by atoms with Gasteiger partial charge in [0, 0.05) is 13.1 Å². The Hall–Kier alpha value is -0.200. The monoisotopic (exact) mass is 236 g/mol. The highest BCUT2D eigenvalue weighted by Crippen LogP contribution is 2.14. The van der Waals surface area contributed by atoms with Crippen molar-refractivity contribution < 1.29 is 8.42 Å². The van der Waals surface area contributed by atoms with Crippen molar-refractivity contribution in [2.24, 2.45) is 5.73 Å². The summed E-state index contributed by atoms with van der Waals surface area (Å²) in [6, 6.07) is 0. The zero-order chi connectivity index (χ0) is 10.6. The molecule has 0 bridgehead atoms. The van der Waals surface area contributed by atoms with Crippen LogP contribution in [0, 0.1) is 0 Å². The third-order valence-corrected chi connectivity index (χ3v) is 4.44. The van der Waals surface area contributed by atoms with Crippen molar-refractivity contribution >= 4 is 27.2 Å². The molecule has 1 rings (SSSR count). The Labute approximate surface area is 90.5 Å². The molecular formula is C8H16N2O2S2. The number of nitrogens with zero attached hydrogens (tertiary/aromatic N) is 1. The highest BCUT2D eigenvalue weighted by Gasteiger charge is 2.27. The normalized spacial score (nSPS) is 21.1. The van der Waals surface area contributed by atoms with Gasteiger partial charge in [-0.25, -0.2) is 12.7 Å². The van der Waals surface area contributed by atoms with Crippen molar-refractivity contribution in [1.29, 1.82) is 0 Å². The lowest BCUT2D eigenvalue weighted by Gasteiger charge is -2.13. The van der Waals surface area contributed by atoms with Gasteiger partial charge in [0.05, 0.1) is 10.7 Å². The van der Waals surface area contributed by atoms with Crippen LogP contribution in [0.25, 0.3) is 0 Å². The molecule has 0 amide bonds. The lowest BCUT2D eigenvalue weighted by molar-refractivity contribution is 0.431. The molecule has 1 heterocycles. The van der Waals surface area contributed by atoms with Gasteiger partial charge in [0.25, 0.3) is 0 Å². The van der Waals surface area contributed by atoms with Crippen molar-refractivity contribution in [2.75, 3.05) is 18.8 Å². The fourth-order valence-electron chi connectivity index (χ4n) is 1.53. The number of hydrogen-bond acceptors (Lipinski definition) is 3. The smallest absolute Gasteiger partial charge is 0.214 e. The van der Waals surface area contributed by atoms with Crippen LogP contribution in [0.1, 0.15) is 25.7 Å². The SMILES string of the molecule is NC(=S)CCCCN1CCCS1(=O)=O. The number of rotatable bonds is 5. The first-order valence-electron chi connectivity index (χ1n) is 4.78. The number of unbranched alkanes of at least 4 members (excludes halogenated alkanes) is 1. The van der Waals surface area contributed by atoms with Crippen LogP contribution in [0.4, 0.5) is 0 Å². The molecule has 82 valence electrons. The van der Waals surface area contributed by atoms with E-state index in [2.05, 4.69) is 0 Å². The van der Waals surface area contributed by atoms with Crippen LogP contribution in [-0.4, -0.2) is 36.6 Å². The van der Waals surface area contributed by atoms with Gasteiger partial charge in [-0.15, -0.1) is 0 Å². The lowest BCUT2D eigenvalue weighted by Crippen LogP contribution is -2.26. The Balaban J connectivity index is 2.22. The van der Waals surface area contributed by atoms with Crippen LogP contribution in [0.15, 0.2) is 0 Å². The minimum Gasteiger partial charge on any atom is -0.393 e. The number of sulfonamides is 1. The minimum absolute atomic E-state index is 0.308. The fourth-order valence-corrected chi connectivity index (χ4v) is 3.24. The molecule has 0 radical (unpaired) electrons. The summed E-state index contributed by atoms with van der Waals surface area (Å²) in [6.45, 7) is 1.29. The van der Waals surface area contributed by atoms with Crippen molar-refractivity contribution in [1.82, 2.24) is 4.31 Å². The van der Waals surface area contributed by atoms with Crippen molar-refractivity contribution in [3.8, 4) is 0 Å². The number of nitrogens with two attached hydrogens (primary N) is 1. The van der Waals surface area contributed by atoms with E-state index >= 15 is 0 Å². The summed E-state index contributed by atoms with van der Waals surface area (Å²) in [4.78, 5) is 0.509. The first kappa shape index (κ1) is 11.9. The Kier molecular flexibility index (Phi) is 4.28. The van der Waals surface area contributed by atoms with Crippen molar-refractivity contribution in [3.63, 3.8) is 0 Å². The van der Waals surface area contributed by atoms with Crippen molar-refractivity contribution in [3.05, 3.63) is 0 Å². The second kappa shape index (κ2) is 5.04. The largest absolute Gasteiger partial charge is 0.393 e. The van der Waals surface area contributed by atoms with Gasteiger partial charge >= 0.3 is 0 Å². The molecule has 1 aliphatic heterocycles. The van der Waals surface area contributed by atoms with Crippen LogP contribution < -0.4 is 5.73 Å². The fraction of sp³-hybridized carbons (Fsp3) is 0.875. The van der Waals surface area contributed by atoms with Gasteiger partial charge in [0.2, 0.25) is 10.0 Å². The van der Waals surface area contributed by atoms with Crippen molar-refractivity contribution in [2.45, 2.75) is 25.7 Å². The quantitative estimate of drug-likeness (QED) is 0.557. The van der Waals surface area contributed by atoms with Crippen LogP contribution in [0.5, 0.6) is 0 Å². The zero-order valence-corrected chi connectivity index (χ0v) is 9.74. The third kappa shape index (κ3) is 3.51. The molecule has 0 atom stereocenters. The van der Waals surface area contributed by atoms with E-state index in [0.717, 1.165) is 19.3 Å². The maximum Gasteiger partial charge on any atom is 0.214 e. The molecule has 4 nitrogen and oxygen atoms in total. The molecule has 0 unspecified atom stereocenters. The summed E-state index contributed by atoms with van der Waals surface area (Å²) in [7, 11) is -2.92. The summed E-state index contributed by atoms with van der Waals surface area (Å²) in [6.07, 6.45) is 3.19. The maximum atomic E-state index is 11.4. The number of thiocarbonyl (C=S) groups is 1. The molecule has 14 heavy (non-hydrogen) atoms. The third-order valence-electron chi connectivity index (χ3n) is 2.28. The molecule has 0 aliphatic carbocycles. The van der Waals surface area contributed by atoms with Crippen LogP contribution in [0.3, 0.4) is 0 Å². The van der Waals surface area contributed by atoms with Gasteiger partial charge < -0.3 is 5.73 Å². The highest BCUT2D eigenvalue weighted by molar-refractivity contribution is 7.89.